The molecule has 1 aromatic heterocycles. The van der Waals surface area contributed by atoms with Crippen LogP contribution in [0.15, 0.2) is 30.3 Å². The number of anilines is 2. The number of nitrogens with one attached hydrogen (secondary N) is 1. The van der Waals surface area contributed by atoms with Crippen molar-refractivity contribution in [3.05, 3.63) is 41.7 Å². The SMILES string of the molecule is COCCOc1nc(C)nc(NCCc2ccccc2)c1N. The Balaban J connectivity index is 1.97. The highest BCUT2D eigenvalue weighted by Crippen LogP contribution is 2.25. The fourth-order valence-electron chi connectivity index (χ4n) is 1.99. The first-order valence-electron chi connectivity index (χ1n) is 7.24. The van der Waals surface area contributed by atoms with Gasteiger partial charge in [0.25, 0.3) is 0 Å². The van der Waals surface area contributed by atoms with E-state index in [4.69, 9.17) is 15.2 Å². The zero-order chi connectivity index (χ0) is 15.8. The number of nitrogens with two attached hydrogens (primary N) is 1. The van der Waals surface area contributed by atoms with Crippen LogP contribution in [-0.4, -0.2) is 36.8 Å². The predicted octanol–water partition coefficient (Wildman–Crippen LogP) is 2.05. The van der Waals surface area contributed by atoms with Gasteiger partial charge in [0.05, 0.1) is 6.61 Å². The Hall–Kier alpha value is -2.34. The largest absolute Gasteiger partial charge is 0.474 e. The molecule has 0 atom stereocenters. The highest BCUT2D eigenvalue weighted by molar-refractivity contribution is 5.66. The normalized spacial score (nSPS) is 10.5. The van der Waals surface area contributed by atoms with E-state index in [0.717, 1.165) is 13.0 Å². The Bertz CT molecular complexity index is 590. The summed E-state index contributed by atoms with van der Waals surface area (Å²) in [7, 11) is 1.62. The zero-order valence-corrected chi connectivity index (χ0v) is 13.0. The average molecular weight is 302 g/mol. The molecule has 118 valence electrons. The van der Waals surface area contributed by atoms with Crippen LogP contribution in [0.5, 0.6) is 5.88 Å². The minimum absolute atomic E-state index is 0.395. The van der Waals surface area contributed by atoms with Crippen LogP contribution in [0.1, 0.15) is 11.4 Å². The highest BCUT2D eigenvalue weighted by Gasteiger charge is 2.11. The third-order valence-electron chi connectivity index (χ3n) is 3.10. The molecule has 1 heterocycles. The van der Waals surface area contributed by atoms with Crippen LogP contribution in [0.3, 0.4) is 0 Å². The molecule has 2 rings (SSSR count). The number of hydrogen-bond acceptors (Lipinski definition) is 6. The van der Waals surface area contributed by atoms with Gasteiger partial charge in [-0.3, -0.25) is 0 Å². The van der Waals surface area contributed by atoms with Crippen LogP contribution in [-0.2, 0) is 11.2 Å². The van der Waals surface area contributed by atoms with E-state index >= 15 is 0 Å². The summed E-state index contributed by atoms with van der Waals surface area (Å²) < 4.78 is 10.5. The van der Waals surface area contributed by atoms with Crippen LogP contribution in [0.25, 0.3) is 0 Å². The van der Waals surface area contributed by atoms with Crippen molar-refractivity contribution in [1.29, 1.82) is 0 Å². The van der Waals surface area contributed by atoms with E-state index in [9.17, 15) is 0 Å². The molecular formula is C16H22N4O2. The van der Waals surface area contributed by atoms with Crippen molar-refractivity contribution in [2.45, 2.75) is 13.3 Å². The first-order chi connectivity index (χ1) is 10.7. The van der Waals surface area contributed by atoms with Crippen molar-refractivity contribution >= 4 is 11.5 Å². The molecule has 0 aliphatic carbocycles. The summed E-state index contributed by atoms with van der Waals surface area (Å²) in [6.45, 7) is 3.44. The number of methoxy groups -OCH3 is 1. The van der Waals surface area contributed by atoms with E-state index in [1.807, 2.05) is 25.1 Å². The Kier molecular flexibility index (Phi) is 5.97. The van der Waals surface area contributed by atoms with E-state index in [2.05, 4.69) is 27.4 Å². The highest BCUT2D eigenvalue weighted by atomic mass is 16.5. The molecule has 0 saturated heterocycles. The van der Waals surface area contributed by atoms with Crippen molar-refractivity contribution in [3.63, 3.8) is 0 Å². The van der Waals surface area contributed by atoms with Crippen molar-refractivity contribution in [2.75, 3.05) is 37.9 Å². The van der Waals surface area contributed by atoms with Gasteiger partial charge in [-0.05, 0) is 18.9 Å². The molecule has 1 aromatic carbocycles. The molecule has 0 unspecified atom stereocenters. The molecule has 0 fully saturated rings. The third-order valence-corrected chi connectivity index (χ3v) is 3.10. The van der Waals surface area contributed by atoms with E-state index < -0.39 is 0 Å². The molecule has 2 aromatic rings. The van der Waals surface area contributed by atoms with Crippen molar-refractivity contribution in [2.24, 2.45) is 0 Å². The molecule has 22 heavy (non-hydrogen) atoms. The van der Waals surface area contributed by atoms with Crippen molar-refractivity contribution in [1.82, 2.24) is 9.97 Å². The number of nitrogen functional groups attached to an aromatic ring is 1. The van der Waals surface area contributed by atoms with E-state index in [1.54, 1.807) is 7.11 Å². The van der Waals surface area contributed by atoms with E-state index in [0.29, 0.717) is 36.4 Å². The number of rotatable bonds is 8. The van der Waals surface area contributed by atoms with Crippen LogP contribution in [0.2, 0.25) is 0 Å². The molecule has 6 heteroatoms. The first-order valence-corrected chi connectivity index (χ1v) is 7.24. The molecular weight excluding hydrogens is 280 g/mol. The Labute approximate surface area is 130 Å². The lowest BCUT2D eigenvalue weighted by atomic mass is 10.1. The van der Waals surface area contributed by atoms with Crippen LogP contribution in [0, 0.1) is 6.92 Å². The maximum Gasteiger partial charge on any atom is 0.242 e. The van der Waals surface area contributed by atoms with Crippen molar-refractivity contribution in [3.8, 4) is 5.88 Å². The quantitative estimate of drug-likeness (QED) is 0.726. The second kappa shape index (κ2) is 8.19. The lowest BCUT2D eigenvalue weighted by Crippen LogP contribution is -2.13. The summed E-state index contributed by atoms with van der Waals surface area (Å²) in [6.07, 6.45) is 0.892. The fourth-order valence-corrected chi connectivity index (χ4v) is 1.99. The van der Waals surface area contributed by atoms with Gasteiger partial charge in [0, 0.05) is 13.7 Å². The third kappa shape index (κ3) is 4.60. The van der Waals surface area contributed by atoms with Gasteiger partial charge in [0.15, 0.2) is 5.82 Å². The maximum atomic E-state index is 6.06. The zero-order valence-electron chi connectivity index (χ0n) is 13.0. The van der Waals surface area contributed by atoms with Crippen LogP contribution >= 0.6 is 0 Å². The summed E-state index contributed by atoms with van der Waals surface area (Å²) in [4.78, 5) is 8.55. The monoisotopic (exact) mass is 302 g/mol. The fraction of sp³-hybridized carbons (Fsp3) is 0.375. The molecule has 0 aliphatic rings. The lowest BCUT2D eigenvalue weighted by molar-refractivity contribution is 0.144. The Morgan fingerprint density at radius 3 is 2.64 bits per heavy atom. The van der Waals surface area contributed by atoms with Gasteiger partial charge in [-0.25, -0.2) is 4.98 Å². The van der Waals surface area contributed by atoms with Gasteiger partial charge in [0.1, 0.15) is 18.1 Å². The molecule has 6 nitrogen and oxygen atoms in total. The number of aryl methyl sites for hydroxylation is 1. The first kappa shape index (κ1) is 16.0. The lowest BCUT2D eigenvalue weighted by Gasteiger charge is -2.13. The minimum atomic E-state index is 0.395. The number of hydrogen-bond donors (Lipinski definition) is 2. The van der Waals surface area contributed by atoms with Gasteiger partial charge in [0.2, 0.25) is 5.88 Å². The summed E-state index contributed by atoms with van der Waals surface area (Å²) in [6, 6.07) is 10.2. The smallest absolute Gasteiger partial charge is 0.242 e. The summed E-state index contributed by atoms with van der Waals surface area (Å²) in [5.74, 6) is 1.62. The second-order valence-corrected chi connectivity index (χ2v) is 4.84. The summed E-state index contributed by atoms with van der Waals surface area (Å²) in [5, 5.41) is 3.25. The predicted molar refractivity (Wildman–Crippen MR) is 87.2 cm³/mol. The maximum absolute atomic E-state index is 6.06. The van der Waals surface area contributed by atoms with Crippen LogP contribution < -0.4 is 15.8 Å². The molecule has 0 bridgehead atoms. The summed E-state index contributed by atoms with van der Waals surface area (Å²) >= 11 is 0. The molecule has 0 spiro atoms. The molecule has 0 saturated carbocycles. The number of benzene rings is 1. The molecule has 0 aliphatic heterocycles. The second-order valence-electron chi connectivity index (χ2n) is 4.84. The average Bonchev–Trinajstić information content (AvgIpc) is 2.52. The van der Waals surface area contributed by atoms with Gasteiger partial charge in [-0.15, -0.1) is 0 Å². The van der Waals surface area contributed by atoms with Gasteiger partial charge in [-0.1, -0.05) is 30.3 Å². The van der Waals surface area contributed by atoms with E-state index in [1.165, 1.54) is 5.56 Å². The molecule has 0 radical (unpaired) electrons. The topological polar surface area (TPSA) is 82.3 Å². The Morgan fingerprint density at radius 2 is 1.91 bits per heavy atom. The van der Waals surface area contributed by atoms with Gasteiger partial charge in [-0.2, -0.15) is 4.98 Å². The van der Waals surface area contributed by atoms with Gasteiger partial charge < -0.3 is 20.5 Å². The standard InChI is InChI=1S/C16H22N4O2/c1-12-19-15(14(17)16(20-12)22-11-10-21-2)18-9-8-13-6-4-3-5-7-13/h3-7H,8-11,17H2,1-2H3,(H,18,19,20). The Morgan fingerprint density at radius 1 is 1.14 bits per heavy atom. The van der Waals surface area contributed by atoms with E-state index in [-0.39, 0.29) is 0 Å². The number of aromatic nitrogens is 2. The summed E-state index contributed by atoms with van der Waals surface area (Å²) in [5.41, 5.74) is 7.75. The van der Waals surface area contributed by atoms with Crippen LogP contribution in [0.4, 0.5) is 11.5 Å². The van der Waals surface area contributed by atoms with Gasteiger partial charge >= 0.3 is 0 Å². The molecule has 0 amide bonds. The molecule has 3 N–H and O–H groups in total. The van der Waals surface area contributed by atoms with Crippen molar-refractivity contribution < 1.29 is 9.47 Å². The number of nitrogens with zero attached hydrogens (tertiary/aromatic N) is 2. The minimum Gasteiger partial charge on any atom is -0.474 e. The number of ether oxygens (including phenoxy) is 2.